The van der Waals surface area contributed by atoms with Gasteiger partial charge in [-0.3, -0.25) is 38.4 Å². The number of ether oxygens (including phenoxy) is 6. The lowest BCUT2D eigenvalue weighted by molar-refractivity contribution is -0.286. The zero-order chi connectivity index (χ0) is 95.5. The van der Waals surface area contributed by atoms with E-state index in [-0.39, 0.29) is 155 Å². The third-order valence-corrected chi connectivity index (χ3v) is 33.5. The van der Waals surface area contributed by atoms with Gasteiger partial charge in [0.1, 0.15) is 72.5 Å². The molecular formula is C93H142Cl2N12O25S. The fourth-order valence-electron chi connectivity index (χ4n) is 24.1. The first kappa shape index (κ1) is 102. The number of unbranched alkanes of at least 4 members (excludes halogenated alkanes) is 3. The number of hydrogen-bond acceptors (Lipinski definition) is 28. The molecule has 6 aliphatic heterocycles. The quantitative estimate of drug-likeness (QED) is 0.0408. The number of rotatable bonds is 28. The van der Waals surface area contributed by atoms with E-state index in [9.17, 15) is 64.0 Å². The van der Waals surface area contributed by atoms with Crippen molar-refractivity contribution in [1.82, 2.24) is 52.6 Å². The van der Waals surface area contributed by atoms with Crippen LogP contribution in [0.5, 0.6) is 23.0 Å². The van der Waals surface area contributed by atoms with Crippen LogP contribution < -0.4 is 83.0 Å². The summed E-state index contributed by atoms with van der Waals surface area (Å²) < 4.78 is 69.6. The first-order valence-corrected chi connectivity index (χ1v) is 50.8. The Hall–Kier alpha value is -6.67. The van der Waals surface area contributed by atoms with E-state index in [0.29, 0.717) is 37.0 Å². The average molecular weight is 1930 g/mol. The molecule has 6 heterocycles. The minimum absolute atomic E-state index is 0.00262. The van der Waals surface area contributed by atoms with Gasteiger partial charge in [-0.1, -0.05) is 33.6 Å². The van der Waals surface area contributed by atoms with Crippen LogP contribution in [0.25, 0.3) is 0 Å². The van der Waals surface area contributed by atoms with Gasteiger partial charge in [0.2, 0.25) is 63.0 Å². The molecule has 32 atom stereocenters. The number of nitrogens with one attached hydrogen (secondary N) is 10. The van der Waals surface area contributed by atoms with Gasteiger partial charge in [0.05, 0.1) is 83.6 Å². The van der Waals surface area contributed by atoms with Crippen molar-refractivity contribution in [3.05, 3.63) is 42.0 Å². The molecule has 0 radical (unpaired) electrons. The van der Waals surface area contributed by atoms with E-state index in [0.717, 1.165) is 51.4 Å². The molecule has 8 amide bonds. The second kappa shape index (κ2) is 44.2. The van der Waals surface area contributed by atoms with Crippen molar-refractivity contribution in [3.63, 3.8) is 0 Å². The van der Waals surface area contributed by atoms with E-state index in [1.54, 1.807) is 26.0 Å². The third-order valence-electron chi connectivity index (χ3n) is 31.1. The number of benzene rings is 2. The van der Waals surface area contributed by atoms with Crippen LogP contribution in [-0.2, 0) is 57.9 Å². The minimum atomic E-state index is -3.91. The highest BCUT2D eigenvalue weighted by atomic mass is 35.5. The van der Waals surface area contributed by atoms with Crippen LogP contribution in [0.15, 0.2) is 41.3 Å². The Morgan fingerprint density at radius 3 is 1.91 bits per heavy atom. The molecule has 11 fully saturated rings. The van der Waals surface area contributed by atoms with E-state index in [2.05, 4.69) is 59.5 Å². The summed E-state index contributed by atoms with van der Waals surface area (Å²) in [6, 6.07) is -3.99. The Labute approximate surface area is 787 Å². The Morgan fingerprint density at radius 1 is 0.662 bits per heavy atom. The van der Waals surface area contributed by atoms with Crippen LogP contribution >= 0.6 is 23.2 Å². The Balaban J connectivity index is 0.858. The van der Waals surface area contributed by atoms with Gasteiger partial charge in [-0.15, -0.1) is 23.2 Å². The second-order valence-electron chi connectivity index (χ2n) is 41.1. The number of carbonyl (C=O) groups is 8. The molecule has 23 N–H and O–H groups in total. The number of carbonyl (C=O) groups excluding carboxylic acids is 8. The van der Waals surface area contributed by atoms with Crippen molar-refractivity contribution in [2.75, 3.05) is 39.9 Å². The molecule has 133 heavy (non-hydrogen) atoms. The lowest BCUT2D eigenvalue weighted by atomic mass is 9.54. The molecular weight excluding hydrogens is 1790 g/mol. The molecule has 744 valence electrons. The van der Waals surface area contributed by atoms with Crippen molar-refractivity contribution in [1.29, 1.82) is 0 Å². The fraction of sp³-hybridized carbons (Fsp3) is 0.785. The number of nitrogens with two attached hydrogens (primary N) is 2. The fourth-order valence-corrected chi connectivity index (χ4v) is 26.0. The van der Waals surface area contributed by atoms with Crippen molar-refractivity contribution < 1.29 is 121 Å². The number of primary amides is 1. The van der Waals surface area contributed by atoms with Crippen LogP contribution in [0, 0.1) is 76.9 Å². The molecule has 0 spiro atoms. The maximum atomic E-state index is 16.8. The summed E-state index contributed by atoms with van der Waals surface area (Å²) in [6.45, 7) is 9.11. The number of aliphatic hydroxyl groups is 9. The summed E-state index contributed by atoms with van der Waals surface area (Å²) in [5.74, 6) is -16.2. The summed E-state index contributed by atoms with van der Waals surface area (Å²) >= 11 is 15.2. The number of halogens is 2. The number of amides is 8. The molecule has 15 bridgehead atoms. The summed E-state index contributed by atoms with van der Waals surface area (Å²) in [7, 11) is -2.38. The predicted molar refractivity (Wildman–Crippen MR) is 484 cm³/mol. The van der Waals surface area contributed by atoms with E-state index in [1.807, 2.05) is 13.8 Å². The SMILES string of the molecule is CCCCCOc1ccc(S(=O)(=O)NCCCCNCC2C(O)C3C4C[C@H](CC[C@H]4O)[C@H]4NC(=O)[C@@H]5NC(=O)[C@H](CC(N)=O)NC(=O)[C@H](NC(=O)[C@@H](CC(C)C)NC)[C@H](O)[C@H]6CC[C@@H](Oc7cc5cc(c7O[C@@H]5C[C@H](CO)[C@@H](O)[C@H](O)[C@H]5O[C@H]5C[C@](C)(N)[C@H](O)[C@H](C)O5)O[C@@H]5CC[C@@H](C[C@@H]5Cl)[C@@H](O)[C@H](NC4=O)C(=O)N[C@H](C(=O)NC4C5CC7CC(C5)CC4C7)C3C[C@@H]2O)[C@H](Cl)C6)cc1. The molecule has 9 aliphatic carbocycles. The van der Waals surface area contributed by atoms with Gasteiger partial charge in [-0.2, -0.15) is 0 Å². The molecule has 2 aromatic carbocycles. The smallest absolute Gasteiger partial charge is 0.247 e. The number of aliphatic hydroxyl groups excluding tert-OH is 9. The maximum absolute atomic E-state index is 16.8. The molecule has 9 saturated carbocycles. The monoisotopic (exact) mass is 1930 g/mol. The van der Waals surface area contributed by atoms with Gasteiger partial charge in [0.25, 0.3) is 0 Å². The zero-order valence-electron chi connectivity index (χ0n) is 76.7. The third kappa shape index (κ3) is 23.6. The van der Waals surface area contributed by atoms with Crippen molar-refractivity contribution in [2.24, 2.45) is 88.4 Å². The number of alkyl halides is 2. The van der Waals surface area contributed by atoms with Crippen LogP contribution in [0.2, 0.25) is 0 Å². The molecule has 2 aromatic rings. The minimum Gasteiger partial charge on any atom is -0.494 e. The highest BCUT2D eigenvalue weighted by molar-refractivity contribution is 7.89. The first-order chi connectivity index (χ1) is 63.3. The average Bonchev–Trinajstić information content (AvgIpc) is 0.789. The largest absolute Gasteiger partial charge is 0.494 e. The van der Waals surface area contributed by atoms with Gasteiger partial charge in [0, 0.05) is 49.5 Å². The zero-order valence-corrected chi connectivity index (χ0v) is 79.0. The molecule has 40 heteroatoms. The molecule has 2 saturated heterocycles. The van der Waals surface area contributed by atoms with Crippen molar-refractivity contribution in [3.8, 4) is 23.0 Å². The van der Waals surface area contributed by atoms with Crippen molar-refractivity contribution in [2.45, 2.75) is 344 Å². The molecule has 15 aliphatic rings. The summed E-state index contributed by atoms with van der Waals surface area (Å²) in [5, 5.41) is 135. The Bertz CT molecular complexity index is 4470. The second-order valence-corrected chi connectivity index (χ2v) is 43.9. The van der Waals surface area contributed by atoms with Crippen LogP contribution in [0.1, 0.15) is 200 Å². The van der Waals surface area contributed by atoms with Gasteiger partial charge in [-0.05, 0) is 263 Å². The normalized spacial score (nSPS) is 40.1. The maximum Gasteiger partial charge on any atom is 0.247 e. The van der Waals surface area contributed by atoms with E-state index in [1.165, 1.54) is 31.3 Å². The lowest BCUT2D eigenvalue weighted by Crippen LogP contribution is -2.68. The summed E-state index contributed by atoms with van der Waals surface area (Å²) in [4.78, 5) is 125. The van der Waals surface area contributed by atoms with E-state index in [4.69, 9.17) is 63.1 Å². The number of sulfonamides is 1. The predicted octanol–water partition coefficient (Wildman–Crippen LogP) is 0.539. The van der Waals surface area contributed by atoms with Gasteiger partial charge < -0.3 is 134 Å². The van der Waals surface area contributed by atoms with Gasteiger partial charge >= 0.3 is 0 Å². The highest BCUT2D eigenvalue weighted by Gasteiger charge is 2.59. The van der Waals surface area contributed by atoms with Crippen LogP contribution in [-0.4, -0.2) is 286 Å². The number of hydrogen-bond donors (Lipinski definition) is 21. The van der Waals surface area contributed by atoms with Crippen molar-refractivity contribution >= 4 is 80.5 Å². The topological polar surface area (TPSA) is 580 Å². The van der Waals surface area contributed by atoms with Gasteiger partial charge in [0.15, 0.2) is 17.8 Å². The summed E-state index contributed by atoms with van der Waals surface area (Å²) in [6.07, 6.45) is -13.8. The Morgan fingerprint density at radius 2 is 1.29 bits per heavy atom. The van der Waals surface area contributed by atoms with Crippen LogP contribution in [0.4, 0.5) is 0 Å². The molecule has 17 rings (SSSR count). The molecule has 37 nitrogen and oxygen atoms in total. The lowest BCUT2D eigenvalue weighted by Gasteiger charge is -2.55. The standard InChI is InChI=1S/C93H142Cl2N12O25S/c1-7-8-11-24-127-53-15-17-54(18-16-53)133(125,126)100-23-10-9-22-99-40-57-63(110)37-56-71(81(57)115)55-31-46(12-19-62(55)109)73-88(120)107-77(92(124)105-75(56)90(122)102-72-49-27-44-26-45(29-49)30-50(72)28-44)79(113)48-14-21-65(59(95)33-48)130-67-35-51-34-66(83(67)131-68-36-52(41-108)80(114)82(116)84(68)132-70-39-93(5,97)85(117)43(4)128-70)129-64-20-13-47(32-58(64)94)78(112)76(106-86(118)60(98-6)25-42(2)3)91(123)101-61(38-69(96)111)87(119)103-74(51)89(121)104-73/h15-18,34-35,42-50,52,55-65,68,70-82,84-85,98-100,108-110,112-117H,7-14,19-33,36-41,97H2,1-6H3,(H2,96,111)(H,101,123)(H,102,122)(H,103,119)(H,104,121)(H,105,124)(H,106,118)(H,107,120)/t43-,44?,45?,46-,47-,48-,49?,50?,52+,55?,56?,57?,58+,59-,60+,61-,62+,63-,64+,65+,68+,70-,71?,72?,73+,74+,75-,76+,77-,78+,79+,80+,81?,82-,84-,85+,93-/m0/s1. The Kier molecular flexibility index (Phi) is 34.0. The number of fused-ring (bicyclic) bond motifs is 15. The van der Waals surface area contributed by atoms with Crippen LogP contribution in [0.3, 0.4) is 0 Å². The van der Waals surface area contributed by atoms with Gasteiger partial charge in [-0.25, -0.2) is 13.1 Å². The number of likely N-dealkylation sites (N-methyl/N-ethyl adjacent to an activating group) is 1. The van der Waals surface area contributed by atoms with E-state index >= 15 is 28.8 Å². The highest BCUT2D eigenvalue weighted by Crippen LogP contribution is 2.55. The summed E-state index contributed by atoms with van der Waals surface area (Å²) in [5.41, 5.74) is 11.0. The first-order valence-electron chi connectivity index (χ1n) is 48.4. The van der Waals surface area contributed by atoms with E-state index < -0.39 is 262 Å². The molecule has 5 unspecified atom stereocenters. The molecule has 0 aromatic heterocycles.